The average molecular weight is 309 g/mol. The summed E-state index contributed by atoms with van der Waals surface area (Å²) in [5, 5.41) is 5.82. The van der Waals surface area contributed by atoms with E-state index in [1.165, 1.54) is 19.3 Å². The monoisotopic (exact) mass is 309 g/mol. The van der Waals surface area contributed by atoms with Gasteiger partial charge in [-0.05, 0) is 24.7 Å². The number of nitrogens with zero attached hydrogens (tertiary/aromatic N) is 1. The Bertz CT molecular complexity index is 417. The van der Waals surface area contributed by atoms with E-state index >= 15 is 0 Å². The Hall–Kier alpha value is -1.26. The Kier molecular flexibility index (Phi) is 5.35. The second-order valence-corrected chi connectivity index (χ2v) is 7.88. The molecule has 0 unspecified atom stereocenters. The number of rotatable bonds is 3. The van der Waals surface area contributed by atoms with Gasteiger partial charge in [-0.15, -0.1) is 0 Å². The van der Waals surface area contributed by atoms with Crippen molar-refractivity contribution in [3.05, 3.63) is 0 Å². The summed E-state index contributed by atoms with van der Waals surface area (Å²) in [7, 11) is 0. The molecule has 3 amide bonds. The predicted octanol–water partition coefficient (Wildman–Crippen LogP) is 2.37. The summed E-state index contributed by atoms with van der Waals surface area (Å²) >= 11 is 0. The molecule has 0 radical (unpaired) electrons. The number of carbonyl (C=O) groups excluding carboxylic acids is 2. The maximum atomic E-state index is 12.4. The molecule has 3 atom stereocenters. The summed E-state index contributed by atoms with van der Waals surface area (Å²) in [6.45, 7) is 9.76. The molecule has 5 heteroatoms. The third-order valence-electron chi connectivity index (χ3n) is 5.03. The van der Waals surface area contributed by atoms with Crippen molar-refractivity contribution < 1.29 is 9.59 Å². The number of nitrogens with one attached hydrogen (secondary N) is 2. The standard InChI is InChI=1S/C17H31N3O2/c1-12-11-20(14-8-6-5-7-13(12)14)16(22)19-10-9-18-15(21)17(2,3)4/h12-14H,5-11H2,1-4H3,(H,18,21)(H,19,22)/t12-,13-,14+/m1/s1. The van der Waals surface area contributed by atoms with E-state index in [1.807, 2.05) is 25.7 Å². The van der Waals surface area contributed by atoms with Crippen molar-refractivity contribution >= 4 is 11.9 Å². The lowest BCUT2D eigenvalue weighted by Crippen LogP contribution is -2.47. The van der Waals surface area contributed by atoms with Gasteiger partial charge in [0.25, 0.3) is 0 Å². The molecule has 1 saturated heterocycles. The van der Waals surface area contributed by atoms with Crippen molar-refractivity contribution in [3.63, 3.8) is 0 Å². The summed E-state index contributed by atoms with van der Waals surface area (Å²) in [4.78, 5) is 26.2. The highest BCUT2D eigenvalue weighted by molar-refractivity contribution is 5.81. The van der Waals surface area contributed by atoms with Gasteiger partial charge in [-0.3, -0.25) is 4.79 Å². The molecule has 2 aliphatic rings. The number of likely N-dealkylation sites (tertiary alicyclic amines) is 1. The number of hydrogen-bond acceptors (Lipinski definition) is 2. The van der Waals surface area contributed by atoms with Gasteiger partial charge in [0.1, 0.15) is 0 Å². The van der Waals surface area contributed by atoms with E-state index < -0.39 is 0 Å². The first-order valence-electron chi connectivity index (χ1n) is 8.63. The number of carbonyl (C=O) groups is 2. The molecule has 0 bridgehead atoms. The topological polar surface area (TPSA) is 61.4 Å². The Morgan fingerprint density at radius 2 is 1.73 bits per heavy atom. The first-order valence-corrected chi connectivity index (χ1v) is 8.63. The van der Waals surface area contributed by atoms with E-state index in [-0.39, 0.29) is 17.4 Å². The molecule has 126 valence electrons. The second-order valence-electron chi connectivity index (χ2n) is 7.88. The lowest BCUT2D eigenvalue weighted by atomic mass is 9.80. The van der Waals surface area contributed by atoms with Gasteiger partial charge in [0.05, 0.1) is 0 Å². The van der Waals surface area contributed by atoms with Gasteiger partial charge < -0.3 is 15.5 Å². The number of hydrogen-bond donors (Lipinski definition) is 2. The molecular weight excluding hydrogens is 278 g/mol. The fourth-order valence-corrected chi connectivity index (χ4v) is 3.72. The van der Waals surface area contributed by atoms with Gasteiger partial charge >= 0.3 is 6.03 Å². The van der Waals surface area contributed by atoms with E-state index in [4.69, 9.17) is 0 Å². The van der Waals surface area contributed by atoms with Crippen LogP contribution in [0.3, 0.4) is 0 Å². The molecule has 2 N–H and O–H groups in total. The summed E-state index contributed by atoms with van der Waals surface area (Å²) < 4.78 is 0. The molecule has 5 nitrogen and oxygen atoms in total. The zero-order valence-electron chi connectivity index (χ0n) is 14.4. The van der Waals surface area contributed by atoms with Crippen LogP contribution in [-0.4, -0.2) is 42.5 Å². The molecule has 1 aliphatic carbocycles. The number of fused-ring (bicyclic) bond motifs is 1. The highest BCUT2D eigenvalue weighted by atomic mass is 16.2. The van der Waals surface area contributed by atoms with Crippen molar-refractivity contribution in [2.75, 3.05) is 19.6 Å². The fourth-order valence-electron chi connectivity index (χ4n) is 3.72. The van der Waals surface area contributed by atoms with Crippen molar-refractivity contribution in [1.82, 2.24) is 15.5 Å². The van der Waals surface area contributed by atoms with E-state index in [9.17, 15) is 9.59 Å². The fraction of sp³-hybridized carbons (Fsp3) is 0.882. The molecule has 0 aromatic rings. The minimum absolute atomic E-state index is 0.0175. The Morgan fingerprint density at radius 3 is 2.41 bits per heavy atom. The van der Waals surface area contributed by atoms with Crippen LogP contribution in [0.2, 0.25) is 0 Å². The van der Waals surface area contributed by atoms with Crippen LogP contribution in [0.25, 0.3) is 0 Å². The van der Waals surface area contributed by atoms with Crippen LogP contribution in [0.1, 0.15) is 53.4 Å². The SMILES string of the molecule is C[C@@H]1CN(C(=O)NCCNC(=O)C(C)(C)C)[C@H]2CCCC[C@H]12. The van der Waals surface area contributed by atoms with E-state index in [1.54, 1.807) is 0 Å². The van der Waals surface area contributed by atoms with Gasteiger partial charge in [-0.2, -0.15) is 0 Å². The minimum Gasteiger partial charge on any atom is -0.354 e. The Labute approximate surface area is 134 Å². The van der Waals surface area contributed by atoms with E-state index in [2.05, 4.69) is 17.6 Å². The lowest BCUT2D eigenvalue weighted by Gasteiger charge is -2.32. The van der Waals surface area contributed by atoms with Crippen molar-refractivity contribution in [3.8, 4) is 0 Å². The van der Waals surface area contributed by atoms with Crippen molar-refractivity contribution in [2.45, 2.75) is 59.4 Å². The maximum Gasteiger partial charge on any atom is 0.317 e. The van der Waals surface area contributed by atoms with Crippen molar-refractivity contribution in [1.29, 1.82) is 0 Å². The summed E-state index contributed by atoms with van der Waals surface area (Å²) in [5.41, 5.74) is -0.385. The van der Waals surface area contributed by atoms with Crippen LogP contribution >= 0.6 is 0 Å². The second kappa shape index (κ2) is 6.88. The maximum absolute atomic E-state index is 12.4. The van der Waals surface area contributed by atoms with Gasteiger partial charge in [-0.25, -0.2) is 4.79 Å². The van der Waals surface area contributed by atoms with Gasteiger partial charge in [-0.1, -0.05) is 40.5 Å². The minimum atomic E-state index is -0.385. The van der Waals surface area contributed by atoms with Crippen LogP contribution in [0.15, 0.2) is 0 Å². The van der Waals surface area contributed by atoms with Crippen molar-refractivity contribution in [2.24, 2.45) is 17.3 Å². The highest BCUT2D eigenvalue weighted by Crippen LogP contribution is 2.39. The zero-order chi connectivity index (χ0) is 16.3. The summed E-state index contributed by atoms with van der Waals surface area (Å²) in [5.74, 6) is 1.31. The number of urea groups is 1. The normalized spacial score (nSPS) is 28.2. The van der Waals surface area contributed by atoms with E-state index in [0.29, 0.717) is 31.0 Å². The molecular formula is C17H31N3O2. The largest absolute Gasteiger partial charge is 0.354 e. The van der Waals surface area contributed by atoms with Crippen LogP contribution in [0.4, 0.5) is 4.79 Å². The van der Waals surface area contributed by atoms with Gasteiger partial charge in [0, 0.05) is 31.1 Å². The number of amides is 3. The van der Waals surface area contributed by atoms with Crippen LogP contribution in [0, 0.1) is 17.3 Å². The lowest BCUT2D eigenvalue weighted by molar-refractivity contribution is -0.128. The molecule has 2 rings (SSSR count). The quantitative estimate of drug-likeness (QED) is 0.786. The Balaban J connectivity index is 1.75. The van der Waals surface area contributed by atoms with Gasteiger partial charge in [0.15, 0.2) is 0 Å². The predicted molar refractivity (Wildman–Crippen MR) is 87.5 cm³/mol. The summed E-state index contributed by atoms with van der Waals surface area (Å²) in [6, 6.07) is 0.458. The molecule has 0 aromatic carbocycles. The average Bonchev–Trinajstić information content (AvgIpc) is 2.80. The first-order chi connectivity index (χ1) is 10.3. The molecule has 22 heavy (non-hydrogen) atoms. The van der Waals surface area contributed by atoms with Crippen LogP contribution in [-0.2, 0) is 4.79 Å². The third kappa shape index (κ3) is 3.93. The molecule has 2 fully saturated rings. The highest BCUT2D eigenvalue weighted by Gasteiger charge is 2.42. The Morgan fingerprint density at radius 1 is 1.09 bits per heavy atom. The molecule has 0 spiro atoms. The smallest absolute Gasteiger partial charge is 0.317 e. The first kappa shape index (κ1) is 17.1. The molecule has 1 heterocycles. The molecule has 1 aliphatic heterocycles. The zero-order valence-corrected chi connectivity index (χ0v) is 14.4. The van der Waals surface area contributed by atoms with Crippen LogP contribution in [0.5, 0.6) is 0 Å². The summed E-state index contributed by atoms with van der Waals surface area (Å²) in [6.07, 6.45) is 4.94. The van der Waals surface area contributed by atoms with Crippen LogP contribution < -0.4 is 10.6 Å². The molecule has 0 aromatic heterocycles. The van der Waals surface area contributed by atoms with E-state index in [0.717, 1.165) is 13.0 Å². The third-order valence-corrected chi connectivity index (χ3v) is 5.03. The molecule has 1 saturated carbocycles. The van der Waals surface area contributed by atoms with Gasteiger partial charge in [0.2, 0.25) is 5.91 Å².